The molecule has 0 fully saturated rings. The van der Waals surface area contributed by atoms with Gasteiger partial charge in [0.2, 0.25) is 0 Å². The van der Waals surface area contributed by atoms with Crippen LogP contribution in [0.25, 0.3) is 11.3 Å². The Kier molecular flexibility index (Phi) is 7.47. The molecule has 0 radical (unpaired) electrons. The van der Waals surface area contributed by atoms with Gasteiger partial charge in [0.1, 0.15) is 0 Å². The van der Waals surface area contributed by atoms with E-state index >= 15 is 0 Å². The maximum Gasteiger partial charge on any atom is 0.338 e. The van der Waals surface area contributed by atoms with E-state index in [1.165, 1.54) is 49.6 Å². The number of carbonyl (C=O) groups excluding carboxylic acids is 2. The summed E-state index contributed by atoms with van der Waals surface area (Å²) in [6, 6.07) is 23.6. The van der Waals surface area contributed by atoms with Gasteiger partial charge in [-0.25, -0.2) is 18.2 Å². The van der Waals surface area contributed by atoms with Crippen molar-refractivity contribution in [2.45, 2.75) is 17.9 Å². The molecule has 8 nitrogen and oxygen atoms in total. The van der Waals surface area contributed by atoms with Crippen LogP contribution < -0.4 is 9.62 Å². The van der Waals surface area contributed by atoms with Crippen molar-refractivity contribution in [1.29, 1.82) is 0 Å². The third-order valence-corrected chi connectivity index (χ3v) is 7.84. The van der Waals surface area contributed by atoms with Crippen molar-refractivity contribution < 1.29 is 22.7 Å². The summed E-state index contributed by atoms with van der Waals surface area (Å²) in [6.07, 6.45) is -1.13. The van der Waals surface area contributed by atoms with Gasteiger partial charge in [-0.05, 0) is 37.3 Å². The average molecular weight is 522 g/mol. The van der Waals surface area contributed by atoms with Crippen LogP contribution in [0.15, 0.2) is 95.2 Å². The van der Waals surface area contributed by atoms with Gasteiger partial charge < -0.3 is 4.74 Å². The van der Waals surface area contributed by atoms with Gasteiger partial charge in [-0.2, -0.15) is 0 Å². The lowest BCUT2D eigenvalue weighted by Crippen LogP contribution is -2.30. The Morgan fingerprint density at radius 2 is 1.64 bits per heavy atom. The third kappa shape index (κ3) is 5.61. The molecule has 36 heavy (non-hydrogen) atoms. The van der Waals surface area contributed by atoms with Crippen LogP contribution >= 0.6 is 11.3 Å². The zero-order valence-electron chi connectivity index (χ0n) is 19.5. The molecule has 0 aliphatic carbocycles. The fourth-order valence-electron chi connectivity index (χ4n) is 3.28. The lowest BCUT2D eigenvalue weighted by atomic mass is 10.2. The summed E-state index contributed by atoms with van der Waals surface area (Å²) in [5.74, 6) is -1.37. The zero-order chi connectivity index (χ0) is 25.7. The number of sulfonamides is 1. The molecule has 0 bridgehead atoms. The molecule has 0 saturated carbocycles. The minimum atomic E-state index is -3.91. The largest absolute Gasteiger partial charge is 0.449 e. The topological polar surface area (TPSA) is 106 Å². The molecule has 1 heterocycles. The van der Waals surface area contributed by atoms with E-state index < -0.39 is 28.0 Å². The maximum atomic E-state index is 13.0. The Balaban J connectivity index is 1.42. The number of carbonyl (C=O) groups is 2. The molecule has 0 aliphatic rings. The Bertz CT molecular complexity index is 1470. The summed E-state index contributed by atoms with van der Waals surface area (Å²) in [7, 11) is -2.48. The van der Waals surface area contributed by atoms with Crippen molar-refractivity contribution in [3.8, 4) is 11.3 Å². The van der Waals surface area contributed by atoms with Crippen molar-refractivity contribution in [1.82, 2.24) is 4.98 Å². The molecule has 0 aliphatic heterocycles. The number of aromatic nitrogens is 1. The highest BCUT2D eigenvalue weighted by Gasteiger charge is 2.24. The van der Waals surface area contributed by atoms with E-state index in [4.69, 9.17) is 4.74 Å². The van der Waals surface area contributed by atoms with Crippen molar-refractivity contribution in [3.63, 3.8) is 0 Å². The molecule has 1 aromatic heterocycles. The SMILES string of the molecule is CC(OC(=O)c1cccc(S(=O)(=O)N(C)c2ccccc2)c1)C(=O)Nc1nc(-c2ccccc2)cs1. The first-order valence-electron chi connectivity index (χ1n) is 10.9. The maximum absolute atomic E-state index is 13.0. The van der Waals surface area contributed by atoms with E-state index in [2.05, 4.69) is 10.3 Å². The van der Waals surface area contributed by atoms with Gasteiger partial charge in [-0.1, -0.05) is 54.6 Å². The summed E-state index contributed by atoms with van der Waals surface area (Å²) in [4.78, 5) is 29.6. The first-order chi connectivity index (χ1) is 17.3. The number of thiazole rings is 1. The van der Waals surface area contributed by atoms with E-state index in [1.807, 2.05) is 35.7 Å². The fourth-order valence-corrected chi connectivity index (χ4v) is 5.24. The minimum Gasteiger partial charge on any atom is -0.449 e. The normalized spacial score (nSPS) is 11.9. The van der Waals surface area contributed by atoms with Gasteiger partial charge in [0.25, 0.3) is 15.9 Å². The second-order valence-electron chi connectivity index (χ2n) is 7.78. The Morgan fingerprint density at radius 3 is 2.33 bits per heavy atom. The number of rotatable bonds is 8. The number of nitrogens with one attached hydrogen (secondary N) is 1. The van der Waals surface area contributed by atoms with Crippen LogP contribution in [-0.2, 0) is 19.6 Å². The van der Waals surface area contributed by atoms with Crippen molar-refractivity contribution in [2.24, 2.45) is 0 Å². The monoisotopic (exact) mass is 521 g/mol. The van der Waals surface area contributed by atoms with Gasteiger partial charge in [-0.3, -0.25) is 14.4 Å². The number of ether oxygens (including phenoxy) is 1. The number of para-hydroxylation sites is 1. The van der Waals surface area contributed by atoms with Crippen LogP contribution in [0, 0.1) is 0 Å². The Hall–Kier alpha value is -4.02. The molecular formula is C26H23N3O5S2. The van der Waals surface area contributed by atoms with Crippen LogP contribution in [-0.4, -0.2) is 38.4 Å². The quantitative estimate of drug-likeness (QED) is 0.333. The van der Waals surface area contributed by atoms with Crippen molar-refractivity contribution in [2.75, 3.05) is 16.7 Å². The number of anilines is 2. The van der Waals surface area contributed by atoms with Crippen molar-refractivity contribution in [3.05, 3.63) is 95.9 Å². The molecule has 1 atom stereocenters. The standard InChI is InChI=1S/C26H23N3O5S2/c1-18(24(30)28-26-27-23(17-35-26)19-10-5-3-6-11-19)34-25(31)20-12-9-15-22(16-20)36(32,33)29(2)21-13-7-4-8-14-21/h3-18H,1-2H3,(H,27,28,30). The molecule has 184 valence electrons. The second kappa shape index (κ2) is 10.7. The van der Waals surface area contributed by atoms with Crippen LogP contribution in [0.1, 0.15) is 17.3 Å². The van der Waals surface area contributed by atoms with Gasteiger partial charge in [0.15, 0.2) is 11.2 Å². The third-order valence-electron chi connectivity index (χ3n) is 5.30. The molecule has 0 saturated heterocycles. The number of benzene rings is 3. The summed E-state index contributed by atoms with van der Waals surface area (Å²) < 4.78 is 32.5. The number of hydrogen-bond donors (Lipinski definition) is 1. The summed E-state index contributed by atoms with van der Waals surface area (Å²) in [5.41, 5.74) is 2.13. The highest BCUT2D eigenvalue weighted by molar-refractivity contribution is 7.92. The lowest BCUT2D eigenvalue weighted by Gasteiger charge is -2.20. The van der Waals surface area contributed by atoms with Gasteiger partial charge in [0, 0.05) is 18.0 Å². The van der Waals surface area contributed by atoms with E-state index in [9.17, 15) is 18.0 Å². The summed E-state index contributed by atoms with van der Waals surface area (Å²) >= 11 is 1.26. The van der Waals surface area contributed by atoms with Crippen LogP contribution in [0.5, 0.6) is 0 Å². The lowest BCUT2D eigenvalue weighted by molar-refractivity contribution is -0.123. The molecule has 4 rings (SSSR count). The van der Waals surface area contributed by atoms with Gasteiger partial charge >= 0.3 is 5.97 Å². The Morgan fingerprint density at radius 1 is 0.972 bits per heavy atom. The van der Waals surface area contributed by atoms with E-state index in [1.54, 1.807) is 30.3 Å². The number of nitrogens with zero attached hydrogens (tertiary/aromatic N) is 2. The van der Waals surface area contributed by atoms with Gasteiger partial charge in [-0.15, -0.1) is 11.3 Å². The molecule has 4 aromatic rings. The number of esters is 1. The van der Waals surface area contributed by atoms with Crippen LogP contribution in [0.3, 0.4) is 0 Å². The Labute approximate surface area is 213 Å². The molecule has 1 N–H and O–H groups in total. The zero-order valence-corrected chi connectivity index (χ0v) is 21.1. The van der Waals surface area contributed by atoms with Crippen LogP contribution in [0.4, 0.5) is 10.8 Å². The number of hydrogen-bond acceptors (Lipinski definition) is 7. The smallest absolute Gasteiger partial charge is 0.338 e. The highest BCUT2D eigenvalue weighted by Crippen LogP contribution is 2.25. The minimum absolute atomic E-state index is 0.0119. The van der Waals surface area contributed by atoms with Crippen molar-refractivity contribution >= 4 is 44.1 Å². The van der Waals surface area contributed by atoms with E-state index in [0.29, 0.717) is 10.8 Å². The first kappa shape index (κ1) is 25.1. The second-order valence-corrected chi connectivity index (χ2v) is 10.6. The summed E-state index contributed by atoms with van der Waals surface area (Å²) in [5, 5.41) is 4.84. The number of amides is 1. The molecule has 1 amide bonds. The predicted molar refractivity (Wildman–Crippen MR) is 140 cm³/mol. The highest BCUT2D eigenvalue weighted by atomic mass is 32.2. The summed E-state index contributed by atoms with van der Waals surface area (Å²) in [6.45, 7) is 1.43. The molecular weight excluding hydrogens is 498 g/mol. The molecule has 1 unspecified atom stereocenters. The molecule has 10 heteroatoms. The average Bonchev–Trinajstić information content (AvgIpc) is 3.37. The van der Waals surface area contributed by atoms with E-state index in [0.717, 1.165) is 15.6 Å². The first-order valence-corrected chi connectivity index (χ1v) is 13.2. The molecule has 0 spiro atoms. The predicted octanol–water partition coefficient (Wildman–Crippen LogP) is 4.82. The van der Waals surface area contributed by atoms with E-state index in [-0.39, 0.29) is 10.5 Å². The fraction of sp³-hybridized carbons (Fsp3) is 0.115. The van der Waals surface area contributed by atoms with Crippen LogP contribution in [0.2, 0.25) is 0 Å². The molecule has 3 aromatic carbocycles. The van der Waals surface area contributed by atoms with Gasteiger partial charge in [0.05, 0.1) is 21.8 Å².